The molecule has 0 saturated carbocycles. The molecule has 17 heavy (non-hydrogen) atoms. The Hall–Kier alpha value is -1.10. The smallest absolute Gasteiger partial charge is 0.326 e. The maximum Gasteiger partial charge on any atom is 0.326 e. The van der Waals surface area contributed by atoms with Crippen LogP contribution in [0.1, 0.15) is 40.5 Å². The molecule has 3 N–H and O–H groups in total. The van der Waals surface area contributed by atoms with Gasteiger partial charge in [-0.15, -0.1) is 0 Å². The fraction of sp³-hybridized carbons (Fsp3) is 0.833. The Labute approximate surface area is 103 Å². The highest BCUT2D eigenvalue weighted by molar-refractivity contribution is 5.83. The van der Waals surface area contributed by atoms with Crippen molar-refractivity contribution in [3.63, 3.8) is 0 Å². The molecule has 0 saturated heterocycles. The number of hydrogen-bond donors (Lipinski definition) is 3. The summed E-state index contributed by atoms with van der Waals surface area (Å²) < 4.78 is 0. The van der Waals surface area contributed by atoms with E-state index in [1.165, 1.54) is 0 Å². The second-order valence-electron chi connectivity index (χ2n) is 4.63. The van der Waals surface area contributed by atoms with Gasteiger partial charge in [-0.05, 0) is 5.92 Å². The van der Waals surface area contributed by atoms with Crippen LogP contribution in [0.4, 0.5) is 0 Å². The first kappa shape index (κ1) is 15.9. The molecule has 0 aromatic carbocycles. The summed E-state index contributed by atoms with van der Waals surface area (Å²) in [7, 11) is 0. The molecule has 2 atom stereocenters. The summed E-state index contributed by atoms with van der Waals surface area (Å²) in [6.45, 7) is 8.29. The van der Waals surface area contributed by atoms with Crippen molar-refractivity contribution in [3.8, 4) is 0 Å². The highest BCUT2D eigenvalue weighted by atomic mass is 16.4. The van der Waals surface area contributed by atoms with Crippen molar-refractivity contribution in [2.75, 3.05) is 6.54 Å². The number of carbonyl (C=O) groups is 2. The van der Waals surface area contributed by atoms with E-state index in [0.717, 1.165) is 6.42 Å². The number of hydrogen-bond acceptors (Lipinski definition) is 3. The number of carbonyl (C=O) groups excluding carboxylic acids is 1. The summed E-state index contributed by atoms with van der Waals surface area (Å²) in [6, 6.07) is -0.459. The van der Waals surface area contributed by atoms with Gasteiger partial charge < -0.3 is 15.7 Å². The van der Waals surface area contributed by atoms with Crippen LogP contribution in [0.25, 0.3) is 0 Å². The zero-order chi connectivity index (χ0) is 13.4. The number of nitrogens with one attached hydrogen (secondary N) is 2. The van der Waals surface area contributed by atoms with Crippen LogP contribution in [0.3, 0.4) is 0 Å². The van der Waals surface area contributed by atoms with Gasteiger partial charge in [0.05, 0.1) is 0 Å². The molecule has 0 radical (unpaired) electrons. The maximum atomic E-state index is 11.5. The lowest BCUT2D eigenvalue weighted by molar-refractivity contribution is -0.143. The average molecular weight is 244 g/mol. The van der Waals surface area contributed by atoms with Gasteiger partial charge in [0.2, 0.25) is 5.91 Å². The van der Waals surface area contributed by atoms with E-state index in [1.807, 2.05) is 27.7 Å². The van der Waals surface area contributed by atoms with E-state index in [1.54, 1.807) is 0 Å². The molecule has 5 heteroatoms. The van der Waals surface area contributed by atoms with Gasteiger partial charge in [0.25, 0.3) is 0 Å². The summed E-state index contributed by atoms with van der Waals surface area (Å²) in [4.78, 5) is 22.5. The molecule has 0 bridgehead atoms. The van der Waals surface area contributed by atoms with Crippen molar-refractivity contribution in [1.29, 1.82) is 0 Å². The molecule has 100 valence electrons. The minimum absolute atomic E-state index is 0.0606. The van der Waals surface area contributed by atoms with Crippen molar-refractivity contribution in [3.05, 3.63) is 0 Å². The number of carboxylic acids is 1. The Bertz CT molecular complexity index is 254. The topological polar surface area (TPSA) is 78.4 Å². The van der Waals surface area contributed by atoms with Gasteiger partial charge in [-0.2, -0.15) is 0 Å². The van der Waals surface area contributed by atoms with E-state index in [2.05, 4.69) is 10.6 Å². The standard InChI is InChI=1S/C12H24N2O3/c1-5-9(4)11(12(16)17)14-10(15)6-7-13-8(2)3/h8-9,11,13H,5-7H2,1-4H3,(H,14,15)(H,16,17). The van der Waals surface area contributed by atoms with Crippen molar-refractivity contribution in [2.24, 2.45) is 5.92 Å². The molecule has 0 aliphatic carbocycles. The van der Waals surface area contributed by atoms with Crippen LogP contribution in [0, 0.1) is 5.92 Å². The highest BCUT2D eigenvalue weighted by Gasteiger charge is 2.24. The van der Waals surface area contributed by atoms with E-state index < -0.39 is 12.0 Å². The zero-order valence-corrected chi connectivity index (χ0v) is 11.1. The monoisotopic (exact) mass is 244 g/mol. The third-order valence-electron chi connectivity index (χ3n) is 2.70. The first-order chi connectivity index (χ1) is 7.88. The van der Waals surface area contributed by atoms with Gasteiger partial charge >= 0.3 is 5.97 Å². The Morgan fingerprint density at radius 1 is 1.24 bits per heavy atom. The van der Waals surface area contributed by atoms with E-state index in [4.69, 9.17) is 5.11 Å². The number of aliphatic carboxylic acids is 1. The third kappa shape index (κ3) is 6.94. The molecule has 0 aliphatic heterocycles. The zero-order valence-electron chi connectivity index (χ0n) is 11.1. The summed E-state index contributed by atoms with van der Waals surface area (Å²) in [5.74, 6) is -1.25. The van der Waals surface area contributed by atoms with Gasteiger partial charge in [-0.3, -0.25) is 4.79 Å². The van der Waals surface area contributed by atoms with Gasteiger partial charge in [0.1, 0.15) is 6.04 Å². The molecule has 0 aromatic heterocycles. The predicted molar refractivity (Wildman–Crippen MR) is 66.8 cm³/mol. The van der Waals surface area contributed by atoms with Crippen LogP contribution in [0.15, 0.2) is 0 Å². The first-order valence-corrected chi connectivity index (χ1v) is 6.14. The van der Waals surface area contributed by atoms with E-state index in [-0.39, 0.29) is 11.8 Å². The lowest BCUT2D eigenvalue weighted by atomic mass is 9.99. The summed E-state index contributed by atoms with van der Waals surface area (Å²) in [5, 5.41) is 14.7. The van der Waals surface area contributed by atoms with Gasteiger partial charge in [-0.1, -0.05) is 34.1 Å². The molecule has 0 spiro atoms. The molecule has 0 aromatic rings. The fourth-order valence-electron chi connectivity index (χ4n) is 1.40. The van der Waals surface area contributed by atoms with Crippen LogP contribution >= 0.6 is 0 Å². The minimum atomic E-state index is -0.968. The van der Waals surface area contributed by atoms with Crippen LogP contribution < -0.4 is 10.6 Å². The number of amides is 1. The second kappa shape index (κ2) is 8.06. The number of rotatable bonds is 8. The van der Waals surface area contributed by atoms with Crippen LogP contribution in [-0.4, -0.2) is 35.6 Å². The van der Waals surface area contributed by atoms with E-state index in [9.17, 15) is 9.59 Å². The summed E-state index contributed by atoms with van der Waals surface area (Å²) in [5.41, 5.74) is 0. The molecule has 0 aliphatic rings. The van der Waals surface area contributed by atoms with E-state index in [0.29, 0.717) is 19.0 Å². The molecule has 5 nitrogen and oxygen atoms in total. The third-order valence-corrected chi connectivity index (χ3v) is 2.70. The van der Waals surface area contributed by atoms with Crippen molar-refractivity contribution < 1.29 is 14.7 Å². The Balaban J connectivity index is 4.09. The lowest BCUT2D eigenvalue weighted by Crippen LogP contribution is -2.45. The molecular weight excluding hydrogens is 220 g/mol. The quantitative estimate of drug-likeness (QED) is 0.595. The van der Waals surface area contributed by atoms with Crippen LogP contribution in [-0.2, 0) is 9.59 Å². The van der Waals surface area contributed by atoms with Crippen LogP contribution in [0.5, 0.6) is 0 Å². The predicted octanol–water partition coefficient (Wildman–Crippen LogP) is 0.990. The van der Waals surface area contributed by atoms with Crippen LogP contribution in [0.2, 0.25) is 0 Å². The lowest BCUT2D eigenvalue weighted by Gasteiger charge is -2.20. The van der Waals surface area contributed by atoms with Gasteiger partial charge in [0, 0.05) is 19.0 Å². The second-order valence-corrected chi connectivity index (χ2v) is 4.63. The highest BCUT2D eigenvalue weighted by Crippen LogP contribution is 2.07. The summed E-state index contributed by atoms with van der Waals surface area (Å²) in [6.07, 6.45) is 1.03. The van der Waals surface area contributed by atoms with Gasteiger partial charge in [0.15, 0.2) is 0 Å². The first-order valence-electron chi connectivity index (χ1n) is 6.14. The van der Waals surface area contributed by atoms with Gasteiger partial charge in [-0.25, -0.2) is 4.79 Å². The summed E-state index contributed by atoms with van der Waals surface area (Å²) >= 11 is 0. The van der Waals surface area contributed by atoms with Crippen molar-refractivity contribution in [1.82, 2.24) is 10.6 Å². The Morgan fingerprint density at radius 2 is 1.82 bits per heavy atom. The average Bonchev–Trinajstić information content (AvgIpc) is 2.24. The van der Waals surface area contributed by atoms with Crippen molar-refractivity contribution >= 4 is 11.9 Å². The molecule has 1 amide bonds. The number of carboxylic acid groups (broad SMARTS) is 1. The Kier molecular flexibility index (Phi) is 7.54. The molecule has 0 heterocycles. The van der Waals surface area contributed by atoms with Crippen molar-refractivity contribution in [2.45, 2.75) is 52.6 Å². The molecule has 2 unspecified atom stereocenters. The van der Waals surface area contributed by atoms with E-state index >= 15 is 0 Å². The largest absolute Gasteiger partial charge is 0.480 e. The SMILES string of the molecule is CCC(C)C(NC(=O)CCNC(C)C)C(=O)O. The maximum absolute atomic E-state index is 11.5. The normalized spacial score (nSPS) is 14.4. The fourth-order valence-corrected chi connectivity index (χ4v) is 1.40. The Morgan fingerprint density at radius 3 is 2.24 bits per heavy atom. The molecular formula is C12H24N2O3. The molecule has 0 rings (SSSR count). The minimum Gasteiger partial charge on any atom is -0.480 e. The molecule has 0 fully saturated rings.